The van der Waals surface area contributed by atoms with Gasteiger partial charge in [0.15, 0.2) is 0 Å². The van der Waals surface area contributed by atoms with Crippen molar-refractivity contribution in [1.82, 2.24) is 4.90 Å². The number of rotatable bonds is 5. The van der Waals surface area contributed by atoms with Gasteiger partial charge in [0.25, 0.3) is 0 Å². The standard InChI is InChI=1S/C11H21NO2/c1-12(8-7-11(13)14-2)9-10-5-3-4-6-10/h10H,3-9H2,1-2H3. The lowest BCUT2D eigenvalue weighted by Crippen LogP contribution is -2.27. The van der Waals surface area contributed by atoms with Gasteiger partial charge in [0.1, 0.15) is 0 Å². The van der Waals surface area contributed by atoms with Crippen LogP contribution in [0.25, 0.3) is 0 Å². The van der Waals surface area contributed by atoms with Crippen LogP contribution < -0.4 is 0 Å². The molecule has 3 heteroatoms. The molecule has 0 aromatic heterocycles. The molecular weight excluding hydrogens is 178 g/mol. The van der Waals surface area contributed by atoms with E-state index in [0.29, 0.717) is 6.42 Å². The van der Waals surface area contributed by atoms with Crippen molar-refractivity contribution in [3.63, 3.8) is 0 Å². The normalized spacial score (nSPS) is 17.6. The fraction of sp³-hybridized carbons (Fsp3) is 0.909. The van der Waals surface area contributed by atoms with Crippen LogP contribution in [0.5, 0.6) is 0 Å². The molecule has 0 N–H and O–H groups in total. The summed E-state index contributed by atoms with van der Waals surface area (Å²) in [5, 5.41) is 0. The Morgan fingerprint density at radius 3 is 2.64 bits per heavy atom. The molecule has 14 heavy (non-hydrogen) atoms. The molecule has 3 nitrogen and oxygen atoms in total. The Hall–Kier alpha value is -0.570. The number of nitrogens with zero attached hydrogens (tertiary/aromatic N) is 1. The summed E-state index contributed by atoms with van der Waals surface area (Å²) in [6.07, 6.45) is 6.01. The van der Waals surface area contributed by atoms with Crippen molar-refractivity contribution in [3.8, 4) is 0 Å². The van der Waals surface area contributed by atoms with Gasteiger partial charge in [0.05, 0.1) is 13.5 Å². The van der Waals surface area contributed by atoms with Crippen molar-refractivity contribution in [2.75, 3.05) is 27.2 Å². The third-order valence-electron chi connectivity index (χ3n) is 2.97. The van der Waals surface area contributed by atoms with E-state index in [2.05, 4.69) is 16.7 Å². The second kappa shape index (κ2) is 6.02. The average molecular weight is 199 g/mol. The summed E-state index contributed by atoms with van der Waals surface area (Å²) in [7, 11) is 3.53. The number of ether oxygens (including phenoxy) is 1. The summed E-state index contributed by atoms with van der Waals surface area (Å²) in [6, 6.07) is 0. The van der Waals surface area contributed by atoms with Crippen LogP contribution in [0.15, 0.2) is 0 Å². The third kappa shape index (κ3) is 4.09. The van der Waals surface area contributed by atoms with Crippen LogP contribution in [0.3, 0.4) is 0 Å². The first kappa shape index (κ1) is 11.5. The Bertz CT molecular complexity index is 176. The zero-order chi connectivity index (χ0) is 10.4. The topological polar surface area (TPSA) is 29.5 Å². The number of hydrogen-bond acceptors (Lipinski definition) is 3. The van der Waals surface area contributed by atoms with E-state index in [0.717, 1.165) is 19.0 Å². The van der Waals surface area contributed by atoms with Gasteiger partial charge in [-0.15, -0.1) is 0 Å². The summed E-state index contributed by atoms with van der Waals surface area (Å²) in [6.45, 7) is 1.96. The van der Waals surface area contributed by atoms with Crippen LogP contribution in [0.1, 0.15) is 32.1 Å². The Balaban J connectivity index is 2.08. The van der Waals surface area contributed by atoms with Crippen molar-refractivity contribution in [1.29, 1.82) is 0 Å². The largest absolute Gasteiger partial charge is 0.469 e. The minimum absolute atomic E-state index is 0.108. The summed E-state index contributed by atoms with van der Waals surface area (Å²) in [4.78, 5) is 13.1. The fourth-order valence-corrected chi connectivity index (χ4v) is 2.11. The van der Waals surface area contributed by atoms with Crippen LogP contribution in [0, 0.1) is 5.92 Å². The number of methoxy groups -OCH3 is 1. The quantitative estimate of drug-likeness (QED) is 0.631. The van der Waals surface area contributed by atoms with Gasteiger partial charge >= 0.3 is 5.97 Å². The fourth-order valence-electron chi connectivity index (χ4n) is 2.11. The minimum Gasteiger partial charge on any atom is -0.469 e. The van der Waals surface area contributed by atoms with Crippen molar-refractivity contribution in [2.45, 2.75) is 32.1 Å². The molecule has 1 aliphatic carbocycles. The Kier molecular flexibility index (Phi) is 4.94. The monoisotopic (exact) mass is 199 g/mol. The van der Waals surface area contributed by atoms with E-state index in [9.17, 15) is 4.79 Å². The predicted octanol–water partition coefficient (Wildman–Crippen LogP) is 1.67. The lowest BCUT2D eigenvalue weighted by Gasteiger charge is -2.19. The summed E-state index contributed by atoms with van der Waals surface area (Å²) in [5.74, 6) is 0.751. The first-order chi connectivity index (χ1) is 6.72. The summed E-state index contributed by atoms with van der Waals surface area (Å²) < 4.78 is 4.60. The van der Waals surface area contributed by atoms with Gasteiger partial charge in [0.2, 0.25) is 0 Å². The van der Waals surface area contributed by atoms with Gasteiger partial charge in [-0.05, 0) is 25.8 Å². The zero-order valence-corrected chi connectivity index (χ0v) is 9.29. The van der Waals surface area contributed by atoms with Crippen LogP contribution >= 0.6 is 0 Å². The number of carbonyl (C=O) groups excluding carboxylic acids is 1. The maximum Gasteiger partial charge on any atom is 0.306 e. The molecule has 82 valence electrons. The molecule has 1 saturated carbocycles. The molecule has 1 fully saturated rings. The molecule has 0 aromatic rings. The first-order valence-electron chi connectivity index (χ1n) is 5.47. The molecule has 0 bridgehead atoms. The van der Waals surface area contributed by atoms with Crippen molar-refractivity contribution in [3.05, 3.63) is 0 Å². The van der Waals surface area contributed by atoms with Gasteiger partial charge < -0.3 is 9.64 Å². The zero-order valence-electron chi connectivity index (χ0n) is 9.29. The Morgan fingerprint density at radius 1 is 1.43 bits per heavy atom. The smallest absolute Gasteiger partial charge is 0.306 e. The lowest BCUT2D eigenvalue weighted by atomic mass is 10.1. The highest BCUT2D eigenvalue weighted by molar-refractivity contribution is 5.69. The van der Waals surface area contributed by atoms with Crippen LogP contribution in [0.4, 0.5) is 0 Å². The molecule has 0 aromatic carbocycles. The van der Waals surface area contributed by atoms with Gasteiger partial charge in [-0.2, -0.15) is 0 Å². The van der Waals surface area contributed by atoms with E-state index >= 15 is 0 Å². The lowest BCUT2D eigenvalue weighted by molar-refractivity contribution is -0.140. The van der Waals surface area contributed by atoms with Crippen LogP contribution in [-0.2, 0) is 9.53 Å². The highest BCUT2D eigenvalue weighted by atomic mass is 16.5. The molecule has 0 spiro atoms. The summed E-state index contributed by atoms with van der Waals surface area (Å²) >= 11 is 0. The van der Waals surface area contributed by atoms with Crippen molar-refractivity contribution < 1.29 is 9.53 Å². The molecule has 0 atom stereocenters. The van der Waals surface area contributed by atoms with Gasteiger partial charge in [-0.25, -0.2) is 0 Å². The SMILES string of the molecule is COC(=O)CCN(C)CC1CCCC1. The van der Waals surface area contributed by atoms with E-state index in [1.54, 1.807) is 0 Å². The molecule has 0 radical (unpaired) electrons. The van der Waals surface area contributed by atoms with Crippen LogP contribution in [-0.4, -0.2) is 38.1 Å². The average Bonchev–Trinajstić information content (AvgIpc) is 2.66. The van der Waals surface area contributed by atoms with E-state index in [-0.39, 0.29) is 5.97 Å². The third-order valence-corrected chi connectivity index (χ3v) is 2.97. The second-order valence-corrected chi connectivity index (χ2v) is 4.24. The summed E-state index contributed by atoms with van der Waals surface area (Å²) in [5.41, 5.74) is 0. The minimum atomic E-state index is -0.108. The van der Waals surface area contributed by atoms with Crippen molar-refractivity contribution >= 4 is 5.97 Å². The molecule has 1 rings (SSSR count). The van der Waals surface area contributed by atoms with E-state index in [4.69, 9.17) is 0 Å². The molecule has 0 unspecified atom stereocenters. The Morgan fingerprint density at radius 2 is 2.07 bits per heavy atom. The predicted molar refractivity (Wildman–Crippen MR) is 56.1 cm³/mol. The molecular formula is C11H21NO2. The second-order valence-electron chi connectivity index (χ2n) is 4.24. The van der Waals surface area contributed by atoms with E-state index < -0.39 is 0 Å². The highest BCUT2D eigenvalue weighted by Gasteiger charge is 2.16. The number of hydrogen-bond donors (Lipinski definition) is 0. The maximum atomic E-state index is 10.9. The number of esters is 1. The molecule has 0 amide bonds. The molecule has 0 heterocycles. The van der Waals surface area contributed by atoms with Gasteiger partial charge in [-0.1, -0.05) is 12.8 Å². The molecule has 0 saturated heterocycles. The van der Waals surface area contributed by atoms with E-state index in [1.807, 2.05) is 0 Å². The van der Waals surface area contributed by atoms with Gasteiger partial charge in [-0.3, -0.25) is 4.79 Å². The van der Waals surface area contributed by atoms with Crippen molar-refractivity contribution in [2.24, 2.45) is 5.92 Å². The molecule has 0 aliphatic heterocycles. The van der Waals surface area contributed by atoms with Gasteiger partial charge in [0, 0.05) is 13.1 Å². The first-order valence-corrected chi connectivity index (χ1v) is 5.47. The van der Waals surface area contributed by atoms with E-state index in [1.165, 1.54) is 32.8 Å². The number of carbonyl (C=O) groups is 1. The van der Waals surface area contributed by atoms with Crippen LogP contribution in [0.2, 0.25) is 0 Å². The highest BCUT2D eigenvalue weighted by Crippen LogP contribution is 2.25. The Labute approximate surface area is 86.4 Å². The maximum absolute atomic E-state index is 10.9. The molecule has 1 aliphatic rings.